The summed E-state index contributed by atoms with van der Waals surface area (Å²) >= 11 is 1.47. The summed E-state index contributed by atoms with van der Waals surface area (Å²) in [6.07, 6.45) is 0. The smallest absolute Gasteiger partial charge is 0.260 e. The van der Waals surface area contributed by atoms with E-state index in [-0.39, 0.29) is 5.56 Å². The van der Waals surface area contributed by atoms with Gasteiger partial charge in [0.15, 0.2) is 0 Å². The van der Waals surface area contributed by atoms with Crippen LogP contribution in [0, 0.1) is 13.8 Å². The molecule has 0 amide bonds. The van der Waals surface area contributed by atoms with Crippen LogP contribution in [-0.2, 0) is 0 Å². The number of fused-ring (bicyclic) bond motifs is 1. The van der Waals surface area contributed by atoms with Crippen molar-refractivity contribution >= 4 is 21.6 Å². The molecule has 0 saturated carbocycles. The highest BCUT2D eigenvalue weighted by Crippen LogP contribution is 2.37. The molecule has 0 bridgehead atoms. The fraction of sp³-hybridized carbons (Fsp3) is 0.143. The number of nitrogens with one attached hydrogen (secondary N) is 1. The van der Waals surface area contributed by atoms with Gasteiger partial charge in [0.25, 0.3) is 5.56 Å². The number of ether oxygens (including phenoxy) is 1. The summed E-state index contributed by atoms with van der Waals surface area (Å²) in [5.41, 5.74) is 4.78. The summed E-state index contributed by atoms with van der Waals surface area (Å²) in [4.78, 5) is 21.2. The zero-order valence-corrected chi connectivity index (χ0v) is 15.6. The lowest BCUT2D eigenvalue weighted by Crippen LogP contribution is -2.09. The van der Waals surface area contributed by atoms with Crippen molar-refractivity contribution in [3.8, 4) is 28.3 Å². The van der Waals surface area contributed by atoms with Gasteiger partial charge in [-0.3, -0.25) is 4.79 Å². The Morgan fingerprint density at radius 1 is 1.04 bits per heavy atom. The predicted octanol–water partition coefficient (Wildman–Crippen LogP) is 4.94. The number of aromatic nitrogens is 2. The molecule has 1 N–H and O–H groups in total. The van der Waals surface area contributed by atoms with Crippen LogP contribution in [0.3, 0.4) is 0 Å². The number of hydrogen-bond donors (Lipinski definition) is 1. The van der Waals surface area contributed by atoms with E-state index in [4.69, 9.17) is 9.72 Å². The lowest BCUT2D eigenvalue weighted by Gasteiger charge is -2.09. The normalized spacial score (nSPS) is 11.0. The molecule has 2 aromatic carbocycles. The van der Waals surface area contributed by atoms with Gasteiger partial charge in [-0.15, -0.1) is 11.3 Å². The van der Waals surface area contributed by atoms with Crippen molar-refractivity contribution < 1.29 is 4.74 Å². The maximum Gasteiger partial charge on any atom is 0.260 e. The van der Waals surface area contributed by atoms with Crippen molar-refractivity contribution in [2.75, 3.05) is 7.11 Å². The standard InChI is InChI=1S/C21H18N2O2S/c1-12-5-4-6-14(9-12)19-22-20(24)18-16(11-26-21(18)23-19)15-10-13(2)7-8-17(15)25-3/h4-11H,1-3H3,(H,22,23,24). The van der Waals surface area contributed by atoms with Crippen molar-refractivity contribution in [1.29, 1.82) is 0 Å². The predicted molar refractivity (Wildman–Crippen MR) is 107 cm³/mol. The largest absolute Gasteiger partial charge is 0.496 e. The second-order valence-corrected chi connectivity index (χ2v) is 7.18. The fourth-order valence-electron chi connectivity index (χ4n) is 3.11. The second-order valence-electron chi connectivity index (χ2n) is 6.32. The monoisotopic (exact) mass is 362 g/mol. The van der Waals surface area contributed by atoms with Gasteiger partial charge < -0.3 is 9.72 Å². The molecular weight excluding hydrogens is 344 g/mol. The highest BCUT2D eigenvalue weighted by atomic mass is 32.1. The van der Waals surface area contributed by atoms with Crippen molar-refractivity contribution in [2.24, 2.45) is 0 Å². The van der Waals surface area contributed by atoms with Crippen LogP contribution in [0.4, 0.5) is 0 Å². The van der Waals surface area contributed by atoms with E-state index in [2.05, 4.69) is 4.98 Å². The molecule has 0 spiro atoms. The van der Waals surface area contributed by atoms with Gasteiger partial charge in [-0.25, -0.2) is 4.98 Å². The molecule has 0 aliphatic carbocycles. The number of hydrogen-bond acceptors (Lipinski definition) is 4. The van der Waals surface area contributed by atoms with Crippen molar-refractivity contribution in [3.05, 3.63) is 69.3 Å². The van der Waals surface area contributed by atoms with Gasteiger partial charge in [-0.05, 0) is 32.0 Å². The van der Waals surface area contributed by atoms with Gasteiger partial charge in [0, 0.05) is 22.1 Å². The maximum atomic E-state index is 12.9. The fourth-order valence-corrected chi connectivity index (χ4v) is 4.05. The number of rotatable bonds is 3. The Labute approximate surface area is 155 Å². The molecule has 4 nitrogen and oxygen atoms in total. The lowest BCUT2D eigenvalue weighted by atomic mass is 10.0. The van der Waals surface area contributed by atoms with Crippen molar-refractivity contribution in [3.63, 3.8) is 0 Å². The molecule has 2 heterocycles. The summed E-state index contributed by atoms with van der Waals surface area (Å²) in [5.74, 6) is 1.34. The zero-order chi connectivity index (χ0) is 18.3. The first-order valence-corrected chi connectivity index (χ1v) is 9.18. The van der Waals surface area contributed by atoms with Crippen LogP contribution in [0.15, 0.2) is 52.6 Å². The first-order valence-electron chi connectivity index (χ1n) is 8.30. The van der Waals surface area contributed by atoms with Gasteiger partial charge >= 0.3 is 0 Å². The lowest BCUT2D eigenvalue weighted by molar-refractivity contribution is 0.416. The van der Waals surface area contributed by atoms with E-state index in [1.165, 1.54) is 11.3 Å². The highest BCUT2D eigenvalue weighted by molar-refractivity contribution is 7.17. The maximum absolute atomic E-state index is 12.9. The molecule has 26 heavy (non-hydrogen) atoms. The topological polar surface area (TPSA) is 55.0 Å². The Morgan fingerprint density at radius 3 is 2.62 bits per heavy atom. The average molecular weight is 362 g/mol. The Hall–Kier alpha value is -2.92. The Bertz CT molecular complexity index is 1170. The first kappa shape index (κ1) is 16.5. The molecule has 0 atom stereocenters. The Kier molecular flexibility index (Phi) is 4.09. The molecule has 0 aliphatic rings. The third kappa shape index (κ3) is 2.80. The molecule has 5 heteroatoms. The second kappa shape index (κ2) is 6.42. The number of aromatic amines is 1. The van der Waals surface area contributed by atoms with E-state index in [1.54, 1.807) is 7.11 Å². The zero-order valence-electron chi connectivity index (χ0n) is 14.8. The molecule has 0 fully saturated rings. The van der Waals surface area contributed by atoms with Crippen LogP contribution >= 0.6 is 11.3 Å². The molecule has 4 aromatic rings. The van der Waals surface area contributed by atoms with Crippen LogP contribution in [0.1, 0.15) is 11.1 Å². The van der Waals surface area contributed by atoms with Crippen LogP contribution < -0.4 is 10.3 Å². The van der Waals surface area contributed by atoms with E-state index in [0.717, 1.165) is 38.4 Å². The minimum absolute atomic E-state index is 0.133. The number of aryl methyl sites for hydroxylation is 2. The summed E-state index contributed by atoms with van der Waals surface area (Å²) in [6.45, 7) is 4.04. The van der Waals surface area contributed by atoms with E-state index in [0.29, 0.717) is 11.2 Å². The number of H-pyrrole nitrogens is 1. The van der Waals surface area contributed by atoms with Gasteiger partial charge in [-0.1, -0.05) is 35.4 Å². The number of benzene rings is 2. The highest BCUT2D eigenvalue weighted by Gasteiger charge is 2.16. The summed E-state index contributed by atoms with van der Waals surface area (Å²) in [6, 6.07) is 13.9. The minimum Gasteiger partial charge on any atom is -0.496 e. The van der Waals surface area contributed by atoms with Crippen molar-refractivity contribution in [2.45, 2.75) is 13.8 Å². The summed E-state index contributed by atoms with van der Waals surface area (Å²) in [5, 5.41) is 2.58. The van der Waals surface area contributed by atoms with Gasteiger partial charge in [0.2, 0.25) is 0 Å². The SMILES string of the molecule is COc1ccc(C)cc1-c1csc2nc(-c3cccc(C)c3)[nH]c(=O)c12. The van der Waals surface area contributed by atoms with Crippen LogP contribution in [0.5, 0.6) is 5.75 Å². The molecule has 0 radical (unpaired) electrons. The Morgan fingerprint density at radius 2 is 1.85 bits per heavy atom. The van der Waals surface area contributed by atoms with Gasteiger partial charge in [-0.2, -0.15) is 0 Å². The van der Waals surface area contributed by atoms with E-state index >= 15 is 0 Å². The molecular formula is C21H18N2O2S. The summed E-state index contributed by atoms with van der Waals surface area (Å²) in [7, 11) is 1.64. The Balaban J connectivity index is 1.93. The minimum atomic E-state index is -0.133. The number of thiophene rings is 1. The molecule has 0 aliphatic heterocycles. The number of nitrogens with zero attached hydrogens (tertiary/aromatic N) is 1. The number of methoxy groups -OCH3 is 1. The molecule has 4 rings (SSSR count). The molecule has 0 unspecified atom stereocenters. The van der Waals surface area contributed by atoms with Gasteiger partial charge in [0.05, 0.1) is 12.5 Å². The third-order valence-corrected chi connectivity index (χ3v) is 5.25. The van der Waals surface area contributed by atoms with Crippen molar-refractivity contribution in [1.82, 2.24) is 9.97 Å². The average Bonchev–Trinajstić information content (AvgIpc) is 3.06. The molecule has 2 aromatic heterocycles. The quantitative estimate of drug-likeness (QED) is 0.561. The van der Waals surface area contributed by atoms with E-state index in [9.17, 15) is 4.79 Å². The van der Waals surface area contributed by atoms with E-state index < -0.39 is 0 Å². The van der Waals surface area contributed by atoms with Crippen LogP contribution in [-0.4, -0.2) is 17.1 Å². The van der Waals surface area contributed by atoms with Crippen LogP contribution in [0.25, 0.3) is 32.7 Å². The molecule has 0 saturated heterocycles. The van der Waals surface area contributed by atoms with E-state index in [1.807, 2.05) is 61.7 Å². The summed E-state index contributed by atoms with van der Waals surface area (Å²) < 4.78 is 5.49. The van der Waals surface area contributed by atoms with Gasteiger partial charge in [0.1, 0.15) is 16.4 Å². The van der Waals surface area contributed by atoms with Crippen LogP contribution in [0.2, 0.25) is 0 Å². The molecule has 130 valence electrons. The third-order valence-electron chi connectivity index (χ3n) is 4.38. The first-order chi connectivity index (χ1) is 12.6.